The zero-order chi connectivity index (χ0) is 31.1. The van der Waals surface area contributed by atoms with E-state index >= 15 is 0 Å². The van der Waals surface area contributed by atoms with E-state index in [9.17, 15) is 29.1 Å². The van der Waals surface area contributed by atoms with E-state index in [1.54, 1.807) is 41.0 Å². The van der Waals surface area contributed by atoms with Crippen LogP contribution in [0.15, 0.2) is 60.3 Å². The van der Waals surface area contributed by atoms with Crippen LogP contribution in [0, 0.1) is 5.41 Å². The Morgan fingerprint density at radius 1 is 1.02 bits per heavy atom. The van der Waals surface area contributed by atoms with Crippen molar-refractivity contribution in [1.29, 1.82) is 0 Å². The Kier molecular flexibility index (Phi) is 10.0. The standard InChI is InChI=1S/C33H40N4O6/c1-4-10-28(39)36-22(2)30(40)37(29(36)25-11-6-5-7-12-25)26-15-13-24(14-16-26)21-27(31(41)42)35-32(43)33(17-8-9-18-33)19-20-34-23(3)38/h5-7,11-16,21-22,29H,4,8-10,17-20H2,1-3H3,(H,34,38)(H,35,43)(H,41,42)/b27-21-/t22-,29?/m1/s1. The van der Waals surface area contributed by atoms with Gasteiger partial charge < -0.3 is 20.6 Å². The van der Waals surface area contributed by atoms with Crippen molar-refractivity contribution < 1.29 is 29.1 Å². The number of hydrogen-bond acceptors (Lipinski definition) is 5. The van der Waals surface area contributed by atoms with Gasteiger partial charge >= 0.3 is 5.97 Å². The Bertz CT molecular complexity index is 1380. The molecule has 4 rings (SSSR count). The number of nitrogens with zero attached hydrogens (tertiary/aromatic N) is 2. The molecule has 1 heterocycles. The predicted octanol–water partition coefficient (Wildman–Crippen LogP) is 4.38. The zero-order valence-electron chi connectivity index (χ0n) is 25.0. The molecule has 4 amide bonds. The van der Waals surface area contributed by atoms with E-state index in [0.29, 0.717) is 49.9 Å². The number of rotatable bonds is 11. The topological polar surface area (TPSA) is 136 Å². The van der Waals surface area contributed by atoms with E-state index in [1.807, 2.05) is 37.3 Å². The molecule has 2 aromatic rings. The smallest absolute Gasteiger partial charge is 0.352 e. The summed E-state index contributed by atoms with van der Waals surface area (Å²) < 4.78 is 0. The number of amides is 4. The molecule has 1 aliphatic heterocycles. The van der Waals surface area contributed by atoms with Crippen LogP contribution in [0.2, 0.25) is 0 Å². The third-order valence-electron chi connectivity index (χ3n) is 8.35. The van der Waals surface area contributed by atoms with E-state index in [1.165, 1.54) is 13.0 Å². The van der Waals surface area contributed by atoms with Crippen molar-refractivity contribution in [3.63, 3.8) is 0 Å². The fraction of sp³-hybridized carbons (Fsp3) is 0.424. The number of nitrogens with one attached hydrogen (secondary N) is 2. The Morgan fingerprint density at radius 3 is 2.26 bits per heavy atom. The molecule has 43 heavy (non-hydrogen) atoms. The van der Waals surface area contributed by atoms with E-state index < -0.39 is 23.6 Å². The lowest BCUT2D eigenvalue weighted by Gasteiger charge is -2.31. The monoisotopic (exact) mass is 588 g/mol. The lowest BCUT2D eigenvalue weighted by molar-refractivity contribution is -0.137. The molecule has 2 aliphatic rings. The van der Waals surface area contributed by atoms with E-state index in [0.717, 1.165) is 18.4 Å². The number of aliphatic carboxylic acids is 1. The third kappa shape index (κ3) is 6.96. The van der Waals surface area contributed by atoms with Gasteiger partial charge in [-0.3, -0.25) is 24.1 Å². The van der Waals surface area contributed by atoms with Crippen LogP contribution in [-0.4, -0.2) is 52.2 Å². The fourth-order valence-electron chi connectivity index (χ4n) is 6.10. The number of carboxylic acid groups (broad SMARTS) is 1. The predicted molar refractivity (Wildman–Crippen MR) is 162 cm³/mol. The molecular weight excluding hydrogens is 548 g/mol. The molecule has 0 aromatic heterocycles. The minimum Gasteiger partial charge on any atom is -0.477 e. The number of anilines is 1. The minimum atomic E-state index is -1.27. The first kappa shape index (κ1) is 31.5. The van der Waals surface area contributed by atoms with Crippen LogP contribution in [0.25, 0.3) is 6.08 Å². The molecule has 1 saturated carbocycles. The van der Waals surface area contributed by atoms with E-state index in [2.05, 4.69) is 10.6 Å². The van der Waals surface area contributed by atoms with Crippen LogP contribution < -0.4 is 15.5 Å². The fourth-order valence-corrected chi connectivity index (χ4v) is 6.10. The lowest BCUT2D eigenvalue weighted by atomic mass is 9.81. The highest BCUT2D eigenvalue weighted by molar-refractivity contribution is 6.03. The first-order valence-corrected chi connectivity index (χ1v) is 14.9. The number of carbonyl (C=O) groups excluding carboxylic acids is 4. The molecule has 2 aromatic carbocycles. The Balaban J connectivity index is 1.59. The zero-order valence-corrected chi connectivity index (χ0v) is 25.0. The second-order valence-electron chi connectivity index (χ2n) is 11.3. The van der Waals surface area contributed by atoms with Crippen molar-refractivity contribution in [3.8, 4) is 0 Å². The Hall–Kier alpha value is -4.47. The summed E-state index contributed by atoms with van der Waals surface area (Å²) in [5.74, 6) is -2.12. The summed E-state index contributed by atoms with van der Waals surface area (Å²) in [4.78, 5) is 66.7. The van der Waals surface area contributed by atoms with Crippen LogP contribution in [0.5, 0.6) is 0 Å². The summed E-state index contributed by atoms with van der Waals surface area (Å²) in [6, 6.07) is 15.6. The van der Waals surface area contributed by atoms with Crippen molar-refractivity contribution in [1.82, 2.24) is 15.5 Å². The first-order chi connectivity index (χ1) is 20.6. The molecule has 3 N–H and O–H groups in total. The molecule has 10 nitrogen and oxygen atoms in total. The van der Waals surface area contributed by atoms with Gasteiger partial charge in [0.05, 0.1) is 5.41 Å². The van der Waals surface area contributed by atoms with Gasteiger partial charge in [0.15, 0.2) is 0 Å². The number of carboxylic acids is 1. The molecule has 2 atom stereocenters. The van der Waals surface area contributed by atoms with E-state index in [-0.39, 0.29) is 29.3 Å². The summed E-state index contributed by atoms with van der Waals surface area (Å²) in [6.07, 6.45) is 5.18. The van der Waals surface area contributed by atoms with Gasteiger partial charge in [0.1, 0.15) is 17.9 Å². The van der Waals surface area contributed by atoms with Crippen LogP contribution in [-0.2, 0) is 24.0 Å². The molecule has 1 saturated heterocycles. The largest absolute Gasteiger partial charge is 0.477 e. The summed E-state index contributed by atoms with van der Waals surface area (Å²) >= 11 is 0. The molecule has 0 radical (unpaired) electrons. The van der Waals surface area contributed by atoms with Gasteiger partial charge in [-0.05, 0) is 61.9 Å². The lowest BCUT2D eigenvalue weighted by Crippen LogP contribution is -2.42. The van der Waals surface area contributed by atoms with Crippen LogP contribution in [0.4, 0.5) is 5.69 Å². The van der Waals surface area contributed by atoms with Gasteiger partial charge in [0.25, 0.3) is 5.91 Å². The maximum atomic E-state index is 13.5. The van der Waals surface area contributed by atoms with Crippen molar-refractivity contribution in [3.05, 3.63) is 71.4 Å². The molecule has 2 fully saturated rings. The first-order valence-electron chi connectivity index (χ1n) is 14.9. The van der Waals surface area contributed by atoms with Gasteiger partial charge in [0, 0.05) is 25.6 Å². The second kappa shape index (κ2) is 13.7. The molecule has 1 aliphatic carbocycles. The summed E-state index contributed by atoms with van der Waals surface area (Å²) in [6.45, 7) is 5.42. The van der Waals surface area contributed by atoms with Crippen molar-refractivity contribution in [2.24, 2.45) is 5.41 Å². The molecule has 0 spiro atoms. The van der Waals surface area contributed by atoms with Gasteiger partial charge in [-0.2, -0.15) is 0 Å². The second-order valence-corrected chi connectivity index (χ2v) is 11.3. The highest BCUT2D eigenvalue weighted by atomic mass is 16.4. The average molecular weight is 589 g/mol. The van der Waals surface area contributed by atoms with Crippen molar-refractivity contribution >= 4 is 41.4 Å². The van der Waals surface area contributed by atoms with Crippen molar-refractivity contribution in [2.75, 3.05) is 11.4 Å². The molecule has 10 heteroatoms. The maximum absolute atomic E-state index is 13.5. The highest BCUT2D eigenvalue weighted by Gasteiger charge is 2.47. The average Bonchev–Trinajstić information content (AvgIpc) is 3.57. The molecule has 0 bridgehead atoms. The van der Waals surface area contributed by atoms with Crippen LogP contribution >= 0.6 is 0 Å². The Morgan fingerprint density at radius 2 is 1.67 bits per heavy atom. The maximum Gasteiger partial charge on any atom is 0.352 e. The summed E-state index contributed by atoms with van der Waals surface area (Å²) in [5, 5.41) is 15.3. The summed E-state index contributed by atoms with van der Waals surface area (Å²) in [5.41, 5.74) is 0.909. The number of carbonyl (C=O) groups is 5. The number of hydrogen-bond donors (Lipinski definition) is 3. The normalized spacial score (nSPS) is 19.8. The SMILES string of the molecule is CCCC(=O)N1C(c2ccccc2)N(c2ccc(/C=C(\NC(=O)C3(CCNC(C)=O)CCCC3)C(=O)O)cc2)C(=O)[C@H]1C. The van der Waals surface area contributed by atoms with Gasteiger partial charge in [0.2, 0.25) is 17.7 Å². The molecular formula is C33H40N4O6. The van der Waals surface area contributed by atoms with Gasteiger partial charge in [-0.1, -0.05) is 62.2 Å². The van der Waals surface area contributed by atoms with Crippen LogP contribution in [0.3, 0.4) is 0 Å². The molecule has 1 unspecified atom stereocenters. The Labute approximate surface area is 252 Å². The highest BCUT2D eigenvalue weighted by Crippen LogP contribution is 2.42. The number of benzene rings is 2. The minimum absolute atomic E-state index is 0.0989. The van der Waals surface area contributed by atoms with Gasteiger partial charge in [-0.15, -0.1) is 0 Å². The van der Waals surface area contributed by atoms with Crippen molar-refractivity contribution in [2.45, 2.75) is 77.9 Å². The van der Waals surface area contributed by atoms with Gasteiger partial charge in [-0.25, -0.2) is 4.79 Å². The molecule has 228 valence electrons. The third-order valence-corrected chi connectivity index (χ3v) is 8.35. The quantitative estimate of drug-likeness (QED) is 0.334. The van der Waals surface area contributed by atoms with E-state index in [4.69, 9.17) is 0 Å². The van der Waals surface area contributed by atoms with Crippen LogP contribution in [0.1, 0.15) is 83.0 Å². The summed E-state index contributed by atoms with van der Waals surface area (Å²) in [7, 11) is 0.